The number of rotatable bonds is 6. The van der Waals surface area contributed by atoms with Crippen molar-refractivity contribution >= 4 is 17.2 Å². The molecule has 0 fully saturated rings. The lowest BCUT2D eigenvalue weighted by atomic mass is 10.3. The molecule has 0 aliphatic rings. The van der Waals surface area contributed by atoms with Gasteiger partial charge in [0.15, 0.2) is 0 Å². The van der Waals surface area contributed by atoms with Crippen LogP contribution < -0.4 is 5.32 Å². The van der Waals surface area contributed by atoms with E-state index in [2.05, 4.69) is 15.4 Å². The molecule has 0 spiro atoms. The lowest BCUT2D eigenvalue weighted by molar-refractivity contribution is -0.121. The molecule has 0 bridgehead atoms. The second kappa shape index (κ2) is 6.65. The molecule has 2 aromatic rings. The minimum Gasteiger partial charge on any atom is -0.356 e. The first-order chi connectivity index (χ1) is 9.60. The van der Waals surface area contributed by atoms with Crippen molar-refractivity contribution < 1.29 is 4.79 Å². The molecule has 2 heterocycles. The molecule has 0 unspecified atom stereocenters. The summed E-state index contributed by atoms with van der Waals surface area (Å²) in [5.74, 6) is 0.112. The molecule has 6 heteroatoms. The van der Waals surface area contributed by atoms with Gasteiger partial charge in [0.25, 0.3) is 0 Å². The molecule has 0 radical (unpaired) electrons. The van der Waals surface area contributed by atoms with Gasteiger partial charge in [0.1, 0.15) is 0 Å². The van der Waals surface area contributed by atoms with E-state index in [4.69, 9.17) is 0 Å². The van der Waals surface area contributed by atoms with Crippen LogP contribution in [0.15, 0.2) is 11.4 Å². The summed E-state index contributed by atoms with van der Waals surface area (Å²) in [5, 5.41) is 10.2. The Morgan fingerprint density at radius 2 is 2.25 bits per heavy atom. The van der Waals surface area contributed by atoms with Gasteiger partial charge in [0.2, 0.25) is 11.0 Å². The molecule has 2 aromatic heterocycles. The van der Waals surface area contributed by atoms with Crippen molar-refractivity contribution in [2.45, 2.75) is 40.0 Å². The average molecular weight is 292 g/mol. The van der Waals surface area contributed by atoms with E-state index < -0.39 is 0 Å². The highest BCUT2D eigenvalue weighted by Crippen LogP contribution is 2.17. The van der Waals surface area contributed by atoms with Crippen LogP contribution in [0.3, 0.4) is 0 Å². The van der Waals surface area contributed by atoms with Gasteiger partial charge in [0.05, 0.1) is 11.4 Å². The molecule has 0 saturated carbocycles. The van der Waals surface area contributed by atoms with E-state index in [0.29, 0.717) is 13.0 Å². The molecule has 5 nitrogen and oxygen atoms in total. The van der Waals surface area contributed by atoms with Gasteiger partial charge >= 0.3 is 0 Å². The fraction of sp³-hybridized carbons (Fsp3) is 0.500. The third-order valence-corrected chi connectivity index (χ3v) is 3.78. The van der Waals surface area contributed by atoms with E-state index >= 15 is 0 Å². The van der Waals surface area contributed by atoms with E-state index in [-0.39, 0.29) is 5.91 Å². The summed E-state index contributed by atoms with van der Waals surface area (Å²) in [7, 11) is 0. The summed E-state index contributed by atoms with van der Waals surface area (Å²) in [6, 6.07) is 2.03. The van der Waals surface area contributed by atoms with Crippen LogP contribution >= 0.6 is 11.3 Å². The maximum Gasteiger partial charge on any atom is 0.219 e. The predicted octanol–water partition coefficient (Wildman–Crippen LogP) is 2.40. The molecule has 0 saturated heterocycles. The fourth-order valence-corrected chi connectivity index (χ4v) is 2.84. The second-order valence-electron chi connectivity index (χ2n) is 4.81. The monoisotopic (exact) mass is 292 g/mol. The smallest absolute Gasteiger partial charge is 0.219 e. The average Bonchev–Trinajstić information content (AvgIpc) is 2.96. The SMILES string of the molecule is CCCC(=O)NCCc1csc(-n2nc(C)cc2C)n1. The van der Waals surface area contributed by atoms with Crippen molar-refractivity contribution in [2.75, 3.05) is 6.54 Å². The highest BCUT2D eigenvalue weighted by Gasteiger charge is 2.08. The molecule has 2 rings (SSSR count). The molecular weight excluding hydrogens is 272 g/mol. The second-order valence-corrected chi connectivity index (χ2v) is 5.65. The van der Waals surface area contributed by atoms with Crippen LogP contribution in [0, 0.1) is 13.8 Å². The first kappa shape index (κ1) is 14.7. The van der Waals surface area contributed by atoms with Gasteiger partial charge in [-0.2, -0.15) is 5.10 Å². The van der Waals surface area contributed by atoms with Crippen LogP contribution in [0.5, 0.6) is 0 Å². The van der Waals surface area contributed by atoms with E-state index in [0.717, 1.165) is 35.1 Å². The molecule has 1 amide bonds. The third-order valence-electron chi connectivity index (χ3n) is 2.91. The first-order valence-electron chi connectivity index (χ1n) is 6.85. The minimum absolute atomic E-state index is 0.112. The maximum atomic E-state index is 11.4. The zero-order valence-corrected chi connectivity index (χ0v) is 13.0. The fourth-order valence-electron chi connectivity index (χ4n) is 1.98. The topological polar surface area (TPSA) is 59.8 Å². The number of thiazole rings is 1. The minimum atomic E-state index is 0.112. The van der Waals surface area contributed by atoms with E-state index in [1.54, 1.807) is 11.3 Å². The summed E-state index contributed by atoms with van der Waals surface area (Å²) in [4.78, 5) is 15.9. The molecule has 108 valence electrons. The zero-order chi connectivity index (χ0) is 14.5. The predicted molar refractivity (Wildman–Crippen MR) is 80.3 cm³/mol. The van der Waals surface area contributed by atoms with Crippen molar-refractivity contribution in [1.29, 1.82) is 0 Å². The van der Waals surface area contributed by atoms with Crippen molar-refractivity contribution in [3.63, 3.8) is 0 Å². The van der Waals surface area contributed by atoms with Crippen LogP contribution in [0.4, 0.5) is 0 Å². The van der Waals surface area contributed by atoms with Crippen LogP contribution in [0.25, 0.3) is 5.13 Å². The van der Waals surface area contributed by atoms with Gasteiger partial charge in [-0.05, 0) is 26.3 Å². The number of hydrogen-bond acceptors (Lipinski definition) is 4. The Morgan fingerprint density at radius 1 is 1.45 bits per heavy atom. The Bertz CT molecular complexity index is 588. The number of aryl methyl sites for hydroxylation is 2. The van der Waals surface area contributed by atoms with Gasteiger partial charge in [-0.25, -0.2) is 9.67 Å². The molecule has 0 aromatic carbocycles. The van der Waals surface area contributed by atoms with Crippen LogP contribution in [-0.4, -0.2) is 27.2 Å². The summed E-state index contributed by atoms with van der Waals surface area (Å²) >= 11 is 1.58. The number of aromatic nitrogens is 3. The summed E-state index contributed by atoms with van der Waals surface area (Å²) in [5.41, 5.74) is 3.07. The Morgan fingerprint density at radius 3 is 2.90 bits per heavy atom. The normalized spacial score (nSPS) is 10.8. The summed E-state index contributed by atoms with van der Waals surface area (Å²) in [6.07, 6.45) is 2.23. The Kier molecular flexibility index (Phi) is 4.89. The Balaban J connectivity index is 1.93. The molecule has 0 aliphatic carbocycles. The van der Waals surface area contributed by atoms with Crippen molar-refractivity contribution in [2.24, 2.45) is 0 Å². The van der Waals surface area contributed by atoms with Gasteiger partial charge in [0, 0.05) is 30.5 Å². The molecular formula is C14H20N4OS. The largest absolute Gasteiger partial charge is 0.356 e. The first-order valence-corrected chi connectivity index (χ1v) is 7.73. The highest BCUT2D eigenvalue weighted by atomic mass is 32.1. The Labute approximate surface area is 123 Å². The number of amides is 1. The van der Waals surface area contributed by atoms with Crippen LogP contribution in [-0.2, 0) is 11.2 Å². The van der Waals surface area contributed by atoms with Gasteiger partial charge in [-0.3, -0.25) is 4.79 Å². The lowest BCUT2D eigenvalue weighted by Gasteiger charge is -2.02. The van der Waals surface area contributed by atoms with Crippen molar-refractivity contribution in [3.8, 4) is 5.13 Å². The van der Waals surface area contributed by atoms with E-state index in [1.165, 1.54) is 0 Å². The molecule has 0 aliphatic heterocycles. The zero-order valence-electron chi connectivity index (χ0n) is 12.1. The van der Waals surface area contributed by atoms with E-state index in [9.17, 15) is 4.79 Å². The van der Waals surface area contributed by atoms with Crippen molar-refractivity contribution in [1.82, 2.24) is 20.1 Å². The third kappa shape index (κ3) is 3.66. The number of carbonyl (C=O) groups is 1. The van der Waals surface area contributed by atoms with Crippen LogP contribution in [0.2, 0.25) is 0 Å². The molecule has 0 atom stereocenters. The Hall–Kier alpha value is -1.69. The lowest BCUT2D eigenvalue weighted by Crippen LogP contribution is -2.25. The standard InChI is InChI=1S/C14H20N4OS/c1-4-5-13(19)15-7-6-12-9-20-14(16-12)18-11(3)8-10(2)17-18/h8-9H,4-7H2,1-3H3,(H,15,19). The maximum absolute atomic E-state index is 11.4. The van der Waals surface area contributed by atoms with Crippen LogP contribution in [0.1, 0.15) is 36.8 Å². The molecule has 1 N–H and O–H groups in total. The molecule has 20 heavy (non-hydrogen) atoms. The summed E-state index contributed by atoms with van der Waals surface area (Å²) in [6.45, 7) is 6.63. The van der Waals surface area contributed by atoms with Crippen molar-refractivity contribution in [3.05, 3.63) is 28.5 Å². The number of carbonyl (C=O) groups excluding carboxylic acids is 1. The number of nitrogens with zero attached hydrogens (tertiary/aromatic N) is 3. The summed E-state index contributed by atoms with van der Waals surface area (Å²) < 4.78 is 1.86. The van der Waals surface area contributed by atoms with Gasteiger partial charge in [-0.15, -0.1) is 11.3 Å². The number of hydrogen-bond donors (Lipinski definition) is 1. The number of nitrogens with one attached hydrogen (secondary N) is 1. The van der Waals surface area contributed by atoms with Gasteiger partial charge in [-0.1, -0.05) is 6.92 Å². The van der Waals surface area contributed by atoms with E-state index in [1.807, 2.05) is 36.9 Å². The van der Waals surface area contributed by atoms with Gasteiger partial charge < -0.3 is 5.32 Å². The highest BCUT2D eigenvalue weighted by molar-refractivity contribution is 7.12. The quantitative estimate of drug-likeness (QED) is 0.889.